The lowest BCUT2D eigenvalue weighted by Gasteiger charge is -2.12. The van der Waals surface area contributed by atoms with E-state index in [1.54, 1.807) is 18.2 Å². The third-order valence-electron chi connectivity index (χ3n) is 2.11. The molecule has 0 fully saturated rings. The highest BCUT2D eigenvalue weighted by Gasteiger charge is 2.06. The van der Waals surface area contributed by atoms with Crippen LogP contribution in [0.1, 0.15) is 17.3 Å². The summed E-state index contributed by atoms with van der Waals surface area (Å²) in [6.45, 7) is 1.48. The van der Waals surface area contributed by atoms with E-state index in [9.17, 15) is 9.90 Å². The second kappa shape index (κ2) is 5.98. The van der Waals surface area contributed by atoms with Gasteiger partial charge in [-0.25, -0.2) is 0 Å². The molecule has 0 saturated carbocycles. The van der Waals surface area contributed by atoms with Crippen molar-refractivity contribution in [2.45, 2.75) is 13.0 Å². The maximum absolute atomic E-state index is 11.1. The van der Waals surface area contributed by atoms with Crippen LogP contribution >= 0.6 is 15.9 Å². The Morgan fingerprint density at radius 3 is 2.75 bits per heavy atom. The standard InChI is InChI=1S/C11H14BrNO3/c1-7(15)8-2-3-11(10(12)4-8)13-5-9(16)6-14/h2-4,9,13-14,16H,5-6H2,1H3. The van der Waals surface area contributed by atoms with Gasteiger partial charge in [0.25, 0.3) is 0 Å². The number of halogens is 1. The minimum Gasteiger partial charge on any atom is -0.394 e. The molecule has 0 radical (unpaired) electrons. The highest BCUT2D eigenvalue weighted by molar-refractivity contribution is 9.10. The van der Waals surface area contributed by atoms with E-state index >= 15 is 0 Å². The van der Waals surface area contributed by atoms with E-state index in [0.29, 0.717) is 5.56 Å². The molecule has 16 heavy (non-hydrogen) atoms. The van der Waals surface area contributed by atoms with Crippen LogP contribution in [0.3, 0.4) is 0 Å². The molecule has 1 atom stereocenters. The van der Waals surface area contributed by atoms with Gasteiger partial charge in [-0.2, -0.15) is 0 Å². The first-order valence-electron chi connectivity index (χ1n) is 4.88. The summed E-state index contributed by atoms with van der Waals surface area (Å²) in [7, 11) is 0. The molecule has 5 heteroatoms. The van der Waals surface area contributed by atoms with Gasteiger partial charge in [-0.05, 0) is 41.1 Å². The molecule has 0 aliphatic carbocycles. The minimum atomic E-state index is -0.792. The SMILES string of the molecule is CC(=O)c1ccc(NCC(O)CO)c(Br)c1. The van der Waals surface area contributed by atoms with Crippen LogP contribution in [0.2, 0.25) is 0 Å². The van der Waals surface area contributed by atoms with Crippen molar-refractivity contribution in [2.75, 3.05) is 18.5 Å². The maximum Gasteiger partial charge on any atom is 0.159 e. The molecule has 88 valence electrons. The molecule has 0 amide bonds. The number of rotatable bonds is 5. The van der Waals surface area contributed by atoms with E-state index < -0.39 is 6.10 Å². The molecule has 0 bridgehead atoms. The van der Waals surface area contributed by atoms with E-state index in [1.165, 1.54) is 6.92 Å². The zero-order valence-corrected chi connectivity index (χ0v) is 10.5. The van der Waals surface area contributed by atoms with Crippen molar-refractivity contribution in [3.8, 4) is 0 Å². The van der Waals surface area contributed by atoms with Gasteiger partial charge in [0.1, 0.15) is 0 Å². The first-order valence-corrected chi connectivity index (χ1v) is 5.67. The summed E-state index contributed by atoms with van der Waals surface area (Å²) >= 11 is 3.33. The van der Waals surface area contributed by atoms with Gasteiger partial charge in [-0.3, -0.25) is 4.79 Å². The lowest BCUT2D eigenvalue weighted by molar-refractivity contribution is 0.101. The zero-order valence-electron chi connectivity index (χ0n) is 8.90. The lowest BCUT2D eigenvalue weighted by atomic mass is 10.1. The number of carbonyl (C=O) groups is 1. The number of aliphatic hydroxyl groups excluding tert-OH is 2. The van der Waals surface area contributed by atoms with Crippen LogP contribution in [0, 0.1) is 0 Å². The minimum absolute atomic E-state index is 0.00245. The Morgan fingerprint density at radius 2 is 2.25 bits per heavy atom. The van der Waals surface area contributed by atoms with Gasteiger partial charge in [-0.1, -0.05) is 0 Å². The van der Waals surface area contributed by atoms with Crippen LogP contribution in [-0.2, 0) is 0 Å². The molecule has 1 aromatic carbocycles. The van der Waals surface area contributed by atoms with Crippen LogP contribution in [0.5, 0.6) is 0 Å². The Bertz CT molecular complexity index is 381. The Hall–Kier alpha value is -0.910. The van der Waals surface area contributed by atoms with E-state index in [1.807, 2.05) is 0 Å². The molecule has 0 heterocycles. The van der Waals surface area contributed by atoms with Crippen molar-refractivity contribution in [2.24, 2.45) is 0 Å². The first kappa shape index (κ1) is 13.2. The summed E-state index contributed by atoms with van der Waals surface area (Å²) in [5.41, 5.74) is 1.40. The van der Waals surface area contributed by atoms with Crippen LogP contribution in [0.4, 0.5) is 5.69 Å². The first-order chi connectivity index (χ1) is 7.54. The summed E-state index contributed by atoms with van der Waals surface area (Å²) < 4.78 is 0.755. The van der Waals surface area contributed by atoms with Gasteiger partial charge < -0.3 is 15.5 Å². The zero-order chi connectivity index (χ0) is 12.1. The maximum atomic E-state index is 11.1. The van der Waals surface area contributed by atoms with Crippen molar-refractivity contribution < 1.29 is 15.0 Å². The molecule has 0 spiro atoms. The van der Waals surface area contributed by atoms with Crippen molar-refractivity contribution in [3.05, 3.63) is 28.2 Å². The van der Waals surface area contributed by atoms with Crippen LogP contribution in [0.25, 0.3) is 0 Å². The number of anilines is 1. The van der Waals surface area contributed by atoms with Crippen LogP contribution < -0.4 is 5.32 Å². The molecule has 0 aromatic heterocycles. The van der Waals surface area contributed by atoms with Gasteiger partial charge in [0.15, 0.2) is 5.78 Å². The predicted molar refractivity (Wildman–Crippen MR) is 65.7 cm³/mol. The predicted octanol–water partition coefficient (Wildman–Crippen LogP) is 1.42. The monoisotopic (exact) mass is 287 g/mol. The van der Waals surface area contributed by atoms with Crippen molar-refractivity contribution in [3.63, 3.8) is 0 Å². The van der Waals surface area contributed by atoms with E-state index in [2.05, 4.69) is 21.2 Å². The second-order valence-electron chi connectivity index (χ2n) is 3.47. The van der Waals surface area contributed by atoms with E-state index in [-0.39, 0.29) is 18.9 Å². The van der Waals surface area contributed by atoms with Gasteiger partial charge in [0, 0.05) is 22.3 Å². The van der Waals surface area contributed by atoms with Crippen LogP contribution in [-0.4, -0.2) is 35.3 Å². The number of aliphatic hydroxyl groups is 2. The summed E-state index contributed by atoms with van der Waals surface area (Å²) in [4.78, 5) is 11.1. The quantitative estimate of drug-likeness (QED) is 0.717. The summed E-state index contributed by atoms with van der Waals surface area (Å²) in [6.07, 6.45) is -0.792. The average Bonchev–Trinajstić information content (AvgIpc) is 2.26. The fourth-order valence-electron chi connectivity index (χ4n) is 1.17. The average molecular weight is 288 g/mol. The molecule has 4 nitrogen and oxygen atoms in total. The van der Waals surface area contributed by atoms with Crippen molar-refractivity contribution >= 4 is 27.4 Å². The molecule has 1 unspecified atom stereocenters. The summed E-state index contributed by atoms with van der Waals surface area (Å²) in [5, 5.41) is 20.8. The molecule has 0 aliphatic rings. The van der Waals surface area contributed by atoms with Crippen LogP contribution in [0.15, 0.2) is 22.7 Å². The highest BCUT2D eigenvalue weighted by Crippen LogP contribution is 2.23. The number of benzene rings is 1. The molecule has 0 aliphatic heterocycles. The topological polar surface area (TPSA) is 69.6 Å². The summed E-state index contributed by atoms with van der Waals surface area (Å²) in [6, 6.07) is 5.18. The number of carbonyl (C=O) groups excluding carboxylic acids is 1. The number of hydrogen-bond acceptors (Lipinski definition) is 4. The number of hydrogen-bond donors (Lipinski definition) is 3. The fourth-order valence-corrected chi connectivity index (χ4v) is 1.69. The molecule has 3 N–H and O–H groups in total. The van der Waals surface area contributed by atoms with Gasteiger partial charge in [0.05, 0.1) is 12.7 Å². The third kappa shape index (κ3) is 3.59. The number of ketones is 1. The van der Waals surface area contributed by atoms with E-state index in [0.717, 1.165) is 10.2 Å². The molecule has 1 aromatic rings. The highest BCUT2D eigenvalue weighted by atomic mass is 79.9. The Kier molecular flexibility index (Phi) is 4.92. The summed E-state index contributed by atoms with van der Waals surface area (Å²) in [5.74, 6) is 0.00245. The number of Topliss-reactive ketones (excluding diaryl/α,β-unsaturated/α-hetero) is 1. The van der Waals surface area contributed by atoms with Crippen molar-refractivity contribution in [1.29, 1.82) is 0 Å². The molecular formula is C11H14BrNO3. The van der Waals surface area contributed by atoms with Crippen molar-refractivity contribution in [1.82, 2.24) is 0 Å². The smallest absolute Gasteiger partial charge is 0.159 e. The Labute approximate surface area is 102 Å². The van der Waals surface area contributed by atoms with E-state index in [4.69, 9.17) is 5.11 Å². The van der Waals surface area contributed by atoms with Gasteiger partial charge in [0.2, 0.25) is 0 Å². The number of nitrogens with one attached hydrogen (secondary N) is 1. The largest absolute Gasteiger partial charge is 0.394 e. The van der Waals surface area contributed by atoms with Gasteiger partial charge >= 0.3 is 0 Å². The Balaban J connectivity index is 2.72. The molecule has 0 saturated heterocycles. The lowest BCUT2D eigenvalue weighted by Crippen LogP contribution is -2.23. The second-order valence-corrected chi connectivity index (χ2v) is 4.32. The third-order valence-corrected chi connectivity index (χ3v) is 2.77. The van der Waals surface area contributed by atoms with Gasteiger partial charge in [-0.15, -0.1) is 0 Å². The molecule has 1 rings (SSSR count). The Morgan fingerprint density at radius 1 is 1.56 bits per heavy atom. The molecular weight excluding hydrogens is 274 g/mol. The normalized spacial score (nSPS) is 12.2. The fraction of sp³-hybridized carbons (Fsp3) is 0.364.